The molecule has 0 unspecified atom stereocenters. The second-order valence-corrected chi connectivity index (χ2v) is 28.9. The number of benzene rings is 6. The molecule has 0 aliphatic carbocycles. The number of hydrogen-bond donors (Lipinski definition) is 0. The van der Waals surface area contributed by atoms with Crippen LogP contribution in [-0.4, -0.2) is 19.8 Å². The predicted octanol–water partition coefficient (Wildman–Crippen LogP) is 12.7. The third kappa shape index (κ3) is 20.0. The van der Waals surface area contributed by atoms with Gasteiger partial charge in [-0.15, -0.1) is 0 Å². The topological polar surface area (TPSA) is 369 Å². The fourth-order valence-electron chi connectivity index (χ4n) is 11.0. The van der Waals surface area contributed by atoms with Crippen LogP contribution in [0.5, 0.6) is 28.7 Å². The van der Waals surface area contributed by atoms with Gasteiger partial charge in [0.2, 0.25) is 0 Å². The molecule has 0 spiro atoms. The van der Waals surface area contributed by atoms with Crippen molar-refractivity contribution in [1.29, 1.82) is 0 Å². The molecule has 0 radical (unpaired) electrons. The van der Waals surface area contributed by atoms with Gasteiger partial charge in [-0.1, -0.05) is 207 Å². The molecule has 6 heterocycles. The van der Waals surface area contributed by atoms with Crippen LogP contribution in [0.15, 0.2) is 128 Å². The molecular formula is C71H65Br11N12O17. The smallest absolute Gasteiger partial charge is 0.294 e. The average molecular weight is 2240 g/mol. The van der Waals surface area contributed by atoms with E-state index in [-0.39, 0.29) is 33.3 Å². The monoisotopic (exact) mass is 2230 g/mol. The molecule has 0 N–H and O–H groups in total. The summed E-state index contributed by atoms with van der Waals surface area (Å²) in [4.78, 5) is 0. The fourth-order valence-corrected chi connectivity index (χ4v) is 17.0. The highest BCUT2D eigenvalue weighted by Crippen LogP contribution is 2.26. The van der Waals surface area contributed by atoms with E-state index < -0.39 is 0 Å². The van der Waals surface area contributed by atoms with Crippen LogP contribution in [0.25, 0.3) is 66.2 Å². The first-order valence-corrected chi connectivity index (χ1v) is 44.8. The van der Waals surface area contributed by atoms with Crippen molar-refractivity contribution in [2.45, 2.75) is 98.9 Å². The fraction of sp³-hybridized carbons (Fsp3) is 0.268. The lowest BCUT2D eigenvalue weighted by Crippen LogP contribution is -2.45. The Morgan fingerprint density at radius 2 is 0.577 bits per heavy atom. The van der Waals surface area contributed by atoms with Gasteiger partial charge in [-0.3, -0.25) is 0 Å². The number of alkyl halides is 11. The van der Waals surface area contributed by atoms with Crippen LogP contribution in [0.4, 0.5) is 0 Å². The lowest BCUT2D eigenvalue weighted by Gasteiger charge is -2.13. The number of ether oxygens (including phenoxy) is 5. The van der Waals surface area contributed by atoms with E-state index in [4.69, 9.17) is 30.1 Å². The van der Waals surface area contributed by atoms with Gasteiger partial charge in [-0.05, 0) is 51.1 Å². The van der Waals surface area contributed by atoms with Crippen LogP contribution in [0.2, 0.25) is 0 Å². The molecule has 6 aromatic carbocycles. The number of terminal acetylenes is 1. The highest BCUT2D eigenvalue weighted by Gasteiger charge is 2.33. The number of aromatic nitrogens is 12. The van der Waals surface area contributed by atoms with Crippen LogP contribution < -0.4 is 80.4 Å². The van der Waals surface area contributed by atoms with Crippen molar-refractivity contribution in [2.24, 2.45) is 0 Å². The minimum Gasteiger partial charge on any atom is -0.618 e. The van der Waals surface area contributed by atoms with Crippen molar-refractivity contribution in [1.82, 2.24) is 0 Å². The standard InChI is InChI=1S/C13H14Br2N2O3.C12H12Br2N2O3.C12H10Br2N2O3.C12H8Br2N2O3.C11H10Br2N2O3.C11H11BrN2O2/c1-8(2)20-9-3-4-10-11(5-9)17(19)13(7-15)12(6-14)16(10)18;3*1-2-19-8-3-4-9-10(5-8)16(18)12(7-14)11(6-13)15(9)17;1-18-7-2-3-8-9(4-7)15(17)11(6-13)10(5-12)14(8)16;1-2-8-11(7-12)14(16)10-6-4-3-5-9(10)13(8)15/h3-5,8H,6-7H2,1-2H3;3-5H,2,6-7H2,1H3;2-5H,1,6-7H2;1,3-5H,6-7H2;2-4H,5-6H2,1H3;3-6H,2,7H2,1H3. The molecule has 588 valence electrons. The number of nitrogens with zero attached hydrogens (tertiary/aromatic N) is 12. The Morgan fingerprint density at radius 3 is 0.856 bits per heavy atom. The highest BCUT2D eigenvalue weighted by atomic mass is 79.9. The van der Waals surface area contributed by atoms with Crippen LogP contribution in [0, 0.1) is 75.0 Å². The van der Waals surface area contributed by atoms with Crippen molar-refractivity contribution in [2.75, 3.05) is 13.7 Å². The number of rotatable bonds is 20. The lowest BCUT2D eigenvalue weighted by molar-refractivity contribution is -0.639. The van der Waals surface area contributed by atoms with Crippen molar-refractivity contribution in [3.63, 3.8) is 0 Å². The van der Waals surface area contributed by atoms with E-state index in [1.165, 1.54) is 31.6 Å². The Bertz CT molecular complexity index is 5400. The first-order valence-electron chi connectivity index (χ1n) is 32.4. The number of para-hydroxylation sites is 2. The van der Waals surface area contributed by atoms with Crippen LogP contribution in [0.3, 0.4) is 0 Å². The van der Waals surface area contributed by atoms with Crippen LogP contribution in [0.1, 0.15) is 96.0 Å². The van der Waals surface area contributed by atoms with Gasteiger partial charge in [-0.2, -0.15) is 56.8 Å². The quantitative estimate of drug-likeness (QED) is 0.0225. The second kappa shape index (κ2) is 42.6. The van der Waals surface area contributed by atoms with Crippen LogP contribution >= 0.6 is 175 Å². The van der Waals surface area contributed by atoms with Crippen molar-refractivity contribution < 1.29 is 80.4 Å². The number of methoxy groups -OCH3 is 1. The third-order valence-corrected chi connectivity index (χ3v) is 22.1. The summed E-state index contributed by atoms with van der Waals surface area (Å²) in [5, 5.41) is 150. The largest absolute Gasteiger partial charge is 0.618 e. The van der Waals surface area contributed by atoms with Gasteiger partial charge < -0.3 is 86.2 Å². The Hall–Kier alpha value is -7.46. The van der Waals surface area contributed by atoms with E-state index in [0.717, 1.165) is 52.0 Å². The molecule has 0 amide bonds. The minimum atomic E-state index is 0.00406. The molecule has 0 saturated heterocycles. The van der Waals surface area contributed by atoms with Crippen LogP contribution in [-0.2, 0) is 65.1 Å². The van der Waals surface area contributed by atoms with Gasteiger partial charge in [0, 0.05) is 48.9 Å². The molecule has 29 nitrogen and oxygen atoms in total. The summed E-state index contributed by atoms with van der Waals surface area (Å²) in [7, 11) is 1.51. The summed E-state index contributed by atoms with van der Waals surface area (Å²) in [6, 6.07) is 30.6. The van der Waals surface area contributed by atoms with E-state index in [9.17, 15) is 62.5 Å². The molecule has 40 heteroatoms. The maximum atomic E-state index is 12.4. The van der Waals surface area contributed by atoms with E-state index >= 15 is 0 Å². The second-order valence-electron chi connectivity index (χ2n) is 22.8. The molecule has 6 aromatic heterocycles. The summed E-state index contributed by atoms with van der Waals surface area (Å²) in [6.45, 7) is 11.5. The van der Waals surface area contributed by atoms with Gasteiger partial charge in [0.1, 0.15) is 34.9 Å². The summed E-state index contributed by atoms with van der Waals surface area (Å²) in [5.41, 5.74) is 8.60. The molecule has 0 atom stereocenters. The van der Waals surface area contributed by atoms with Gasteiger partial charge in [0.25, 0.3) is 135 Å². The first kappa shape index (κ1) is 90.7. The van der Waals surface area contributed by atoms with Gasteiger partial charge >= 0.3 is 0 Å². The zero-order valence-electron chi connectivity index (χ0n) is 59.1. The Labute approximate surface area is 727 Å². The molecule has 0 fully saturated rings. The maximum absolute atomic E-state index is 12.4. The van der Waals surface area contributed by atoms with E-state index in [1.54, 1.807) is 97.1 Å². The molecule has 0 saturated carbocycles. The van der Waals surface area contributed by atoms with Gasteiger partial charge in [-0.25, -0.2) is 0 Å². The maximum Gasteiger partial charge on any atom is 0.294 e. The number of hydrogen-bond acceptors (Lipinski definition) is 17. The molecule has 0 aliphatic rings. The Balaban J connectivity index is 0.000000185. The van der Waals surface area contributed by atoms with E-state index in [0.29, 0.717) is 212 Å². The van der Waals surface area contributed by atoms with Gasteiger partial charge in [0.05, 0.1) is 115 Å². The van der Waals surface area contributed by atoms with Crippen molar-refractivity contribution in [3.05, 3.63) is 259 Å². The minimum absolute atomic E-state index is 0.00406. The third-order valence-electron chi connectivity index (χ3n) is 16.2. The molecule has 12 aromatic rings. The van der Waals surface area contributed by atoms with Gasteiger partial charge in [0.15, 0.2) is 0 Å². The first-order chi connectivity index (χ1) is 53.2. The summed E-state index contributed by atoms with van der Waals surface area (Å²) < 4.78 is 35.3. The highest BCUT2D eigenvalue weighted by molar-refractivity contribution is 9.10. The van der Waals surface area contributed by atoms with E-state index in [1.807, 2.05) is 33.8 Å². The number of halogens is 11. The summed E-state index contributed by atoms with van der Waals surface area (Å²) in [5.74, 6) is 2.49. The van der Waals surface area contributed by atoms with Crippen molar-refractivity contribution >= 4 is 241 Å². The summed E-state index contributed by atoms with van der Waals surface area (Å²) in [6.07, 6.45) is 8.86. The summed E-state index contributed by atoms with van der Waals surface area (Å²) >= 11 is 35.6. The molecular weight excluding hydrogens is 2170 g/mol. The zero-order chi connectivity index (χ0) is 81.8. The molecule has 0 bridgehead atoms. The van der Waals surface area contributed by atoms with Crippen molar-refractivity contribution in [3.8, 4) is 41.3 Å². The Kier molecular flexibility index (Phi) is 34.8. The predicted molar refractivity (Wildman–Crippen MR) is 453 cm³/mol. The molecule has 111 heavy (non-hydrogen) atoms. The molecule has 12 rings (SSSR count). The number of fused-ring (bicyclic) bond motifs is 6. The van der Waals surface area contributed by atoms with E-state index in [2.05, 4.69) is 182 Å². The molecule has 0 aliphatic heterocycles. The SMILES string of the molecule is C#COc1ccc2c(c1)[n+]([O-])c(CBr)c(CBr)[n+]2[O-].C=COc1ccc2c(c1)[n+]([O-])c(CBr)c(CBr)[n+]2[O-].CC(C)Oc1ccc2c(c1)[n+]([O-])c(CBr)c(CBr)[n+]2[O-].CCOc1ccc2c(c1)[n+]([O-])c(CBr)c(CBr)[n+]2[O-].CCc1c(CBr)[n+]([O-])c2ccccc2[n+]1[O-].COc1ccc2c(c1)[n+]([O-])c(CBr)c(CBr)[n+]2[O-]. The average Bonchev–Trinajstić information content (AvgIpc) is 0.772. The zero-order valence-corrected chi connectivity index (χ0v) is 76.5. The Morgan fingerprint density at radius 1 is 0.342 bits per heavy atom. The lowest BCUT2D eigenvalue weighted by atomic mass is 10.2. The normalized spacial score (nSPS) is 10.8.